The molecule has 2 N–H and O–H groups in total. The first kappa shape index (κ1) is 14.5. The molecule has 1 heterocycles. The number of thiophene rings is 1. The summed E-state index contributed by atoms with van der Waals surface area (Å²) in [6.45, 7) is 4.17. The van der Waals surface area contributed by atoms with Crippen LogP contribution in [0.1, 0.15) is 55.9 Å². The molecule has 106 valence electrons. The van der Waals surface area contributed by atoms with E-state index in [4.69, 9.17) is 0 Å². The quantitative estimate of drug-likeness (QED) is 0.872. The lowest BCUT2D eigenvalue weighted by molar-refractivity contribution is -0.124. The number of carbonyl (C=O) groups excluding carboxylic acids is 1. The topological polar surface area (TPSA) is 49.3 Å². The number of hydrogen-bond acceptors (Lipinski definition) is 3. The average Bonchev–Trinajstić information content (AvgIpc) is 2.84. The molecular formula is C15H23NO2S. The average molecular weight is 281 g/mol. The van der Waals surface area contributed by atoms with Crippen molar-refractivity contribution in [1.29, 1.82) is 0 Å². The fourth-order valence-corrected chi connectivity index (χ4v) is 3.77. The van der Waals surface area contributed by atoms with Crippen LogP contribution < -0.4 is 5.32 Å². The Kier molecular flexibility index (Phi) is 4.63. The molecule has 1 amide bonds. The van der Waals surface area contributed by atoms with E-state index in [2.05, 4.69) is 16.8 Å². The predicted molar refractivity (Wildman–Crippen MR) is 78.5 cm³/mol. The van der Waals surface area contributed by atoms with Gasteiger partial charge in [-0.15, -0.1) is 11.3 Å². The minimum Gasteiger partial charge on any atom is -0.388 e. The zero-order chi connectivity index (χ0) is 13.9. The molecule has 2 unspecified atom stereocenters. The summed E-state index contributed by atoms with van der Waals surface area (Å²) in [5, 5.41) is 15.1. The van der Waals surface area contributed by atoms with Crippen molar-refractivity contribution >= 4 is 17.2 Å². The first-order valence-electron chi connectivity index (χ1n) is 7.10. The minimum absolute atomic E-state index is 0.0209. The highest BCUT2D eigenvalue weighted by atomic mass is 32.1. The molecule has 1 aromatic heterocycles. The summed E-state index contributed by atoms with van der Waals surface area (Å²) in [7, 11) is 0. The molecule has 4 heteroatoms. The van der Waals surface area contributed by atoms with Gasteiger partial charge in [0.25, 0.3) is 0 Å². The summed E-state index contributed by atoms with van der Waals surface area (Å²) >= 11 is 1.75. The van der Waals surface area contributed by atoms with Crippen molar-refractivity contribution < 1.29 is 9.90 Å². The van der Waals surface area contributed by atoms with Gasteiger partial charge >= 0.3 is 0 Å². The van der Waals surface area contributed by atoms with E-state index in [1.165, 1.54) is 10.4 Å². The first-order chi connectivity index (χ1) is 9.03. The number of carbonyl (C=O) groups is 1. The third kappa shape index (κ3) is 3.57. The van der Waals surface area contributed by atoms with E-state index in [-0.39, 0.29) is 11.8 Å². The van der Waals surface area contributed by atoms with Crippen LogP contribution in [0, 0.1) is 0 Å². The van der Waals surface area contributed by atoms with Crippen LogP contribution in [0.2, 0.25) is 0 Å². The highest BCUT2D eigenvalue weighted by Gasteiger charge is 2.28. The molecule has 0 fully saturated rings. The van der Waals surface area contributed by atoms with Crippen molar-refractivity contribution in [3.05, 3.63) is 21.9 Å². The number of nitrogens with one attached hydrogen (secondary N) is 1. The lowest BCUT2D eigenvalue weighted by Gasteiger charge is -2.26. The highest BCUT2D eigenvalue weighted by molar-refractivity contribution is 7.10. The van der Waals surface area contributed by atoms with Gasteiger partial charge in [-0.2, -0.15) is 0 Å². The number of amides is 1. The van der Waals surface area contributed by atoms with Crippen molar-refractivity contribution in [3.63, 3.8) is 0 Å². The minimum atomic E-state index is -0.795. The molecule has 1 aliphatic rings. The summed E-state index contributed by atoms with van der Waals surface area (Å²) in [5.41, 5.74) is 0.403. The normalized spacial score (nSPS) is 21.5. The van der Waals surface area contributed by atoms with Gasteiger partial charge in [0, 0.05) is 11.4 Å². The van der Waals surface area contributed by atoms with Crippen LogP contribution in [-0.4, -0.2) is 23.2 Å². The van der Waals surface area contributed by atoms with Crippen molar-refractivity contribution in [3.8, 4) is 0 Å². The van der Waals surface area contributed by atoms with Crippen molar-refractivity contribution in [2.24, 2.45) is 0 Å². The van der Waals surface area contributed by atoms with Gasteiger partial charge in [0.05, 0.1) is 11.5 Å². The van der Waals surface area contributed by atoms with E-state index in [9.17, 15) is 9.90 Å². The van der Waals surface area contributed by atoms with Crippen LogP contribution in [0.25, 0.3) is 0 Å². The summed E-state index contributed by atoms with van der Waals surface area (Å²) in [6, 6.07) is 2.08. The van der Waals surface area contributed by atoms with Crippen LogP contribution >= 0.6 is 11.3 Å². The number of hydrogen-bond donors (Lipinski definition) is 2. The fourth-order valence-electron chi connectivity index (χ4n) is 2.79. The second-order valence-electron chi connectivity index (χ2n) is 5.71. The van der Waals surface area contributed by atoms with E-state index in [1.807, 2.05) is 6.92 Å². The standard InChI is InChI=1S/C15H23NO2S/c1-3-8-15(2,18)10-16-14(17)12-5-4-6-13-11(12)7-9-19-13/h7,9,12,18H,3-6,8,10H2,1-2H3,(H,16,17). The largest absolute Gasteiger partial charge is 0.388 e. The smallest absolute Gasteiger partial charge is 0.227 e. The number of aliphatic hydroxyl groups is 1. The summed E-state index contributed by atoms with van der Waals surface area (Å²) < 4.78 is 0. The Labute approximate surface area is 119 Å². The van der Waals surface area contributed by atoms with Crippen LogP contribution in [0.5, 0.6) is 0 Å². The second kappa shape index (κ2) is 6.06. The van der Waals surface area contributed by atoms with Crippen molar-refractivity contribution in [2.75, 3.05) is 6.54 Å². The van der Waals surface area contributed by atoms with E-state index < -0.39 is 5.60 Å². The van der Waals surface area contributed by atoms with E-state index in [1.54, 1.807) is 18.3 Å². The summed E-state index contributed by atoms with van der Waals surface area (Å²) in [5.74, 6) is 0.0446. The Morgan fingerprint density at radius 3 is 3.16 bits per heavy atom. The maximum absolute atomic E-state index is 12.3. The van der Waals surface area contributed by atoms with Gasteiger partial charge in [0.1, 0.15) is 0 Å². The molecule has 3 nitrogen and oxygen atoms in total. The molecular weight excluding hydrogens is 258 g/mol. The van der Waals surface area contributed by atoms with Gasteiger partial charge in [0.15, 0.2) is 0 Å². The third-order valence-electron chi connectivity index (χ3n) is 3.80. The number of rotatable bonds is 5. The molecule has 0 bridgehead atoms. The van der Waals surface area contributed by atoms with Crippen LogP contribution in [0.3, 0.4) is 0 Å². The molecule has 2 rings (SSSR count). The first-order valence-corrected chi connectivity index (χ1v) is 7.98. The molecule has 0 saturated carbocycles. The maximum Gasteiger partial charge on any atom is 0.227 e. The molecule has 0 aromatic carbocycles. The lowest BCUT2D eigenvalue weighted by Crippen LogP contribution is -2.42. The van der Waals surface area contributed by atoms with E-state index in [0.29, 0.717) is 13.0 Å². The van der Waals surface area contributed by atoms with Crippen LogP contribution in [0.15, 0.2) is 11.4 Å². The molecule has 1 aliphatic carbocycles. The molecule has 0 radical (unpaired) electrons. The molecule has 2 atom stereocenters. The van der Waals surface area contributed by atoms with Gasteiger partial charge in [-0.05, 0) is 49.6 Å². The van der Waals surface area contributed by atoms with Crippen molar-refractivity contribution in [1.82, 2.24) is 5.32 Å². The van der Waals surface area contributed by atoms with Crippen LogP contribution in [-0.2, 0) is 11.2 Å². The molecule has 1 aromatic rings. The van der Waals surface area contributed by atoms with E-state index >= 15 is 0 Å². The molecule has 0 saturated heterocycles. The molecule has 0 aliphatic heterocycles. The van der Waals surface area contributed by atoms with Gasteiger partial charge in [-0.3, -0.25) is 4.79 Å². The third-order valence-corrected chi connectivity index (χ3v) is 4.80. The van der Waals surface area contributed by atoms with Gasteiger partial charge < -0.3 is 10.4 Å². The number of fused-ring (bicyclic) bond motifs is 1. The second-order valence-corrected chi connectivity index (χ2v) is 6.71. The van der Waals surface area contributed by atoms with Gasteiger partial charge in [0.2, 0.25) is 5.91 Å². The number of aryl methyl sites for hydroxylation is 1. The predicted octanol–water partition coefficient (Wildman–Crippen LogP) is 2.84. The van der Waals surface area contributed by atoms with Gasteiger partial charge in [-0.25, -0.2) is 0 Å². The molecule has 19 heavy (non-hydrogen) atoms. The Balaban J connectivity index is 1.95. The highest BCUT2D eigenvalue weighted by Crippen LogP contribution is 2.35. The zero-order valence-corrected chi connectivity index (χ0v) is 12.6. The maximum atomic E-state index is 12.3. The van der Waals surface area contributed by atoms with Crippen LogP contribution in [0.4, 0.5) is 0 Å². The summed E-state index contributed by atoms with van der Waals surface area (Å²) in [6.07, 6.45) is 4.73. The Bertz CT molecular complexity index is 439. The zero-order valence-electron chi connectivity index (χ0n) is 11.7. The Morgan fingerprint density at radius 1 is 1.63 bits per heavy atom. The summed E-state index contributed by atoms with van der Waals surface area (Å²) in [4.78, 5) is 13.6. The lowest BCUT2D eigenvalue weighted by atomic mass is 9.87. The molecule has 0 spiro atoms. The van der Waals surface area contributed by atoms with E-state index in [0.717, 1.165) is 25.7 Å². The SMILES string of the molecule is CCCC(C)(O)CNC(=O)C1CCCc2sccc21. The van der Waals surface area contributed by atoms with Gasteiger partial charge in [-0.1, -0.05) is 13.3 Å². The van der Waals surface area contributed by atoms with Crippen molar-refractivity contribution in [2.45, 2.75) is 57.5 Å². The Hall–Kier alpha value is -0.870. The fraction of sp³-hybridized carbons (Fsp3) is 0.667. The monoisotopic (exact) mass is 281 g/mol. The Morgan fingerprint density at radius 2 is 2.42 bits per heavy atom.